The maximum atomic E-state index is 12.5. The zero-order valence-corrected chi connectivity index (χ0v) is 12.8. The molecule has 0 unspecified atom stereocenters. The molecule has 2 N–H and O–H groups in total. The van der Waals surface area contributed by atoms with Crippen molar-refractivity contribution in [2.24, 2.45) is 5.41 Å². The molecule has 106 valence electrons. The number of carbonyl (C=O) groups is 1. The molecule has 0 aromatic heterocycles. The molecule has 2 aliphatic rings. The van der Waals surface area contributed by atoms with Crippen LogP contribution in [0.1, 0.15) is 33.6 Å². The summed E-state index contributed by atoms with van der Waals surface area (Å²) in [5.41, 5.74) is 3.88. The van der Waals surface area contributed by atoms with Crippen LogP contribution in [0.5, 0.6) is 0 Å². The topological polar surface area (TPSA) is 41.1 Å². The molecule has 3 nitrogen and oxygen atoms in total. The fourth-order valence-corrected chi connectivity index (χ4v) is 3.33. The standard InChI is InChI=1S/C16H19ClN2O/c1-9-15-13(7-16(2,3)8-14(15)20)19-11-5-4-10(17)6-12(11)18-9/h4-6,9,18-19H,7-8H2,1-3H3/t9-/m1/s1. The van der Waals surface area contributed by atoms with Gasteiger partial charge in [-0.2, -0.15) is 0 Å². The van der Waals surface area contributed by atoms with E-state index in [2.05, 4.69) is 24.5 Å². The SMILES string of the molecule is C[C@H]1Nc2cc(Cl)ccc2NC2=C1C(=O)CC(C)(C)C2. The molecule has 1 aliphatic heterocycles. The number of ketones is 1. The van der Waals surface area contributed by atoms with E-state index in [1.54, 1.807) is 0 Å². The Morgan fingerprint density at radius 2 is 2.00 bits per heavy atom. The van der Waals surface area contributed by atoms with Crippen molar-refractivity contribution in [2.45, 2.75) is 39.7 Å². The molecule has 20 heavy (non-hydrogen) atoms. The highest BCUT2D eigenvalue weighted by Gasteiger charge is 2.36. The first kappa shape index (κ1) is 13.5. The van der Waals surface area contributed by atoms with Crippen LogP contribution in [0, 0.1) is 5.41 Å². The molecule has 3 rings (SSSR count). The Morgan fingerprint density at radius 1 is 1.25 bits per heavy atom. The van der Waals surface area contributed by atoms with Crippen LogP contribution in [-0.2, 0) is 4.79 Å². The lowest BCUT2D eigenvalue weighted by molar-refractivity contribution is -0.118. The first-order chi connectivity index (χ1) is 9.35. The molecular formula is C16H19ClN2O. The number of hydrogen-bond acceptors (Lipinski definition) is 3. The summed E-state index contributed by atoms with van der Waals surface area (Å²) < 4.78 is 0. The average Bonchev–Trinajstić information content (AvgIpc) is 2.42. The Morgan fingerprint density at radius 3 is 2.75 bits per heavy atom. The van der Waals surface area contributed by atoms with Gasteiger partial charge in [0.1, 0.15) is 0 Å². The van der Waals surface area contributed by atoms with Gasteiger partial charge < -0.3 is 10.6 Å². The second-order valence-corrected chi connectivity index (χ2v) is 6.95. The van der Waals surface area contributed by atoms with Crippen molar-refractivity contribution < 1.29 is 4.79 Å². The zero-order chi connectivity index (χ0) is 14.5. The predicted molar refractivity (Wildman–Crippen MR) is 83.2 cm³/mol. The molecule has 0 saturated carbocycles. The third-order valence-electron chi connectivity index (χ3n) is 3.99. The van der Waals surface area contributed by atoms with Crippen molar-refractivity contribution in [1.82, 2.24) is 0 Å². The van der Waals surface area contributed by atoms with E-state index in [0.29, 0.717) is 11.4 Å². The summed E-state index contributed by atoms with van der Waals surface area (Å²) in [7, 11) is 0. The summed E-state index contributed by atoms with van der Waals surface area (Å²) in [6, 6.07) is 5.72. The summed E-state index contributed by atoms with van der Waals surface area (Å²) in [6.45, 7) is 6.31. The number of fused-ring (bicyclic) bond motifs is 1. The molecule has 0 amide bonds. The number of Topliss-reactive ketones (excluding diaryl/α,β-unsaturated/α-hetero) is 1. The van der Waals surface area contributed by atoms with Crippen LogP contribution < -0.4 is 10.6 Å². The van der Waals surface area contributed by atoms with Crippen LogP contribution in [0.3, 0.4) is 0 Å². The van der Waals surface area contributed by atoms with E-state index in [1.807, 2.05) is 25.1 Å². The van der Waals surface area contributed by atoms with Crippen LogP contribution in [0.2, 0.25) is 5.02 Å². The fourth-order valence-electron chi connectivity index (χ4n) is 3.16. The molecule has 1 aromatic carbocycles. The lowest BCUT2D eigenvalue weighted by Crippen LogP contribution is -2.33. The van der Waals surface area contributed by atoms with Gasteiger partial charge >= 0.3 is 0 Å². The second-order valence-electron chi connectivity index (χ2n) is 6.51. The van der Waals surface area contributed by atoms with Gasteiger partial charge in [0.25, 0.3) is 0 Å². The quantitative estimate of drug-likeness (QED) is 0.752. The van der Waals surface area contributed by atoms with Crippen molar-refractivity contribution in [2.75, 3.05) is 10.6 Å². The van der Waals surface area contributed by atoms with Gasteiger partial charge in [-0.1, -0.05) is 25.4 Å². The molecule has 1 atom stereocenters. The van der Waals surface area contributed by atoms with Crippen molar-refractivity contribution in [3.05, 3.63) is 34.5 Å². The Hall–Kier alpha value is -1.48. The van der Waals surface area contributed by atoms with Crippen molar-refractivity contribution in [1.29, 1.82) is 0 Å². The molecule has 1 heterocycles. The maximum Gasteiger partial charge on any atom is 0.163 e. The third-order valence-corrected chi connectivity index (χ3v) is 4.23. The molecule has 1 aromatic rings. The van der Waals surface area contributed by atoms with E-state index in [1.165, 1.54) is 0 Å². The molecule has 0 spiro atoms. The highest BCUT2D eigenvalue weighted by molar-refractivity contribution is 6.31. The monoisotopic (exact) mass is 290 g/mol. The van der Waals surface area contributed by atoms with Gasteiger partial charge in [-0.05, 0) is 37.0 Å². The van der Waals surface area contributed by atoms with Crippen molar-refractivity contribution >= 4 is 28.8 Å². The number of nitrogens with one attached hydrogen (secondary N) is 2. The molecule has 0 bridgehead atoms. The minimum atomic E-state index is 0.000756. The number of carbonyl (C=O) groups excluding carboxylic acids is 1. The third kappa shape index (κ3) is 2.31. The Bertz CT molecular complexity index is 619. The van der Waals surface area contributed by atoms with Crippen LogP contribution in [0.15, 0.2) is 29.5 Å². The fraction of sp³-hybridized carbons (Fsp3) is 0.438. The summed E-state index contributed by atoms with van der Waals surface area (Å²) in [5.74, 6) is 0.239. The van der Waals surface area contributed by atoms with Gasteiger partial charge in [0.05, 0.1) is 17.4 Å². The number of halogens is 1. The summed E-state index contributed by atoms with van der Waals surface area (Å²) in [6.07, 6.45) is 1.50. The van der Waals surface area contributed by atoms with Crippen LogP contribution in [0.25, 0.3) is 0 Å². The van der Waals surface area contributed by atoms with Gasteiger partial charge in [-0.3, -0.25) is 4.79 Å². The molecule has 0 radical (unpaired) electrons. The van der Waals surface area contributed by atoms with Crippen molar-refractivity contribution in [3.63, 3.8) is 0 Å². The van der Waals surface area contributed by atoms with Gasteiger partial charge in [-0.15, -0.1) is 0 Å². The van der Waals surface area contributed by atoms with Crippen LogP contribution >= 0.6 is 11.6 Å². The van der Waals surface area contributed by atoms with E-state index >= 15 is 0 Å². The predicted octanol–water partition coefficient (Wildman–Crippen LogP) is 4.21. The van der Waals surface area contributed by atoms with Crippen molar-refractivity contribution in [3.8, 4) is 0 Å². The molecule has 4 heteroatoms. The number of allylic oxidation sites excluding steroid dienone is 1. The van der Waals surface area contributed by atoms with Gasteiger partial charge in [0.2, 0.25) is 0 Å². The van der Waals surface area contributed by atoms with Gasteiger partial charge in [0, 0.05) is 22.7 Å². The van der Waals surface area contributed by atoms with Crippen LogP contribution in [0.4, 0.5) is 11.4 Å². The minimum absolute atomic E-state index is 0.000756. The molecule has 1 aliphatic carbocycles. The summed E-state index contributed by atoms with van der Waals surface area (Å²) in [5, 5.41) is 7.53. The second kappa shape index (κ2) is 4.52. The normalized spacial score (nSPS) is 24.2. The van der Waals surface area contributed by atoms with Gasteiger partial charge in [-0.25, -0.2) is 0 Å². The summed E-state index contributed by atoms with van der Waals surface area (Å²) >= 11 is 6.06. The van der Waals surface area contributed by atoms with E-state index in [0.717, 1.165) is 29.1 Å². The lowest BCUT2D eigenvalue weighted by atomic mass is 9.74. The largest absolute Gasteiger partial charge is 0.377 e. The molecule has 0 saturated heterocycles. The van der Waals surface area contributed by atoms with E-state index in [4.69, 9.17) is 11.6 Å². The number of anilines is 2. The maximum absolute atomic E-state index is 12.5. The molecule has 0 fully saturated rings. The van der Waals surface area contributed by atoms with E-state index in [-0.39, 0.29) is 17.2 Å². The highest BCUT2D eigenvalue weighted by Crippen LogP contribution is 2.41. The Balaban J connectivity index is 2.07. The first-order valence-corrected chi connectivity index (χ1v) is 7.33. The number of hydrogen-bond donors (Lipinski definition) is 2. The van der Waals surface area contributed by atoms with E-state index < -0.39 is 0 Å². The lowest BCUT2D eigenvalue weighted by Gasteiger charge is -2.33. The average molecular weight is 291 g/mol. The van der Waals surface area contributed by atoms with E-state index in [9.17, 15) is 4.79 Å². The number of rotatable bonds is 0. The zero-order valence-electron chi connectivity index (χ0n) is 12.0. The Kier molecular flexibility index (Phi) is 3.05. The van der Waals surface area contributed by atoms with Gasteiger partial charge in [0.15, 0.2) is 5.78 Å². The van der Waals surface area contributed by atoms with Crippen LogP contribution in [-0.4, -0.2) is 11.8 Å². The summed E-state index contributed by atoms with van der Waals surface area (Å²) in [4.78, 5) is 12.5. The Labute approximate surface area is 124 Å². The first-order valence-electron chi connectivity index (χ1n) is 6.95. The minimum Gasteiger partial charge on any atom is -0.377 e. The smallest absolute Gasteiger partial charge is 0.163 e. The molecular weight excluding hydrogens is 272 g/mol. The number of benzene rings is 1. The highest BCUT2D eigenvalue weighted by atomic mass is 35.5.